The topological polar surface area (TPSA) is 73.9 Å². The number of hydrogen-bond acceptors (Lipinski definition) is 5. The molecule has 0 aromatic heterocycles. The zero-order valence-electron chi connectivity index (χ0n) is 13.8. The smallest absolute Gasteiger partial charge is 0.331 e. The van der Waals surface area contributed by atoms with Crippen molar-refractivity contribution in [2.24, 2.45) is 5.92 Å². The van der Waals surface area contributed by atoms with Crippen LogP contribution in [0.4, 0.5) is 0 Å². The van der Waals surface area contributed by atoms with E-state index in [4.69, 9.17) is 25.8 Å². The van der Waals surface area contributed by atoms with Crippen LogP contribution in [0.1, 0.15) is 26.3 Å². The normalized spacial score (nSPS) is 14.0. The van der Waals surface area contributed by atoms with Crippen LogP contribution in [0.25, 0.3) is 6.08 Å². The molecule has 2 rings (SSSR count). The minimum Gasteiger partial charge on any atom is -0.454 e. The van der Waals surface area contributed by atoms with Gasteiger partial charge in [0.15, 0.2) is 17.6 Å². The molecule has 0 bridgehead atoms. The third-order valence-electron chi connectivity index (χ3n) is 3.21. The third kappa shape index (κ3) is 4.89. The fourth-order valence-electron chi connectivity index (χ4n) is 1.96. The number of fused-ring (bicyclic) bond motifs is 1. The van der Waals surface area contributed by atoms with Crippen LogP contribution in [-0.4, -0.2) is 31.3 Å². The highest BCUT2D eigenvalue weighted by Gasteiger charge is 2.18. The number of carbonyl (C=O) groups excluding carboxylic acids is 2. The number of rotatable bonds is 6. The zero-order chi connectivity index (χ0) is 17.7. The molecule has 1 amide bonds. The Labute approximate surface area is 145 Å². The number of halogens is 1. The molecule has 0 radical (unpaired) electrons. The molecule has 1 aromatic carbocycles. The second-order valence-electron chi connectivity index (χ2n) is 5.79. The van der Waals surface area contributed by atoms with E-state index in [1.807, 2.05) is 13.8 Å². The average Bonchev–Trinajstić information content (AvgIpc) is 2.99. The first-order valence-electron chi connectivity index (χ1n) is 7.62. The Bertz CT molecular complexity index is 657. The van der Waals surface area contributed by atoms with Gasteiger partial charge < -0.3 is 19.5 Å². The summed E-state index contributed by atoms with van der Waals surface area (Å²) in [4.78, 5) is 23.6. The summed E-state index contributed by atoms with van der Waals surface area (Å²) >= 11 is 6.07. The molecule has 130 valence electrons. The van der Waals surface area contributed by atoms with Crippen LogP contribution in [0, 0.1) is 5.92 Å². The van der Waals surface area contributed by atoms with Crippen LogP contribution in [0.3, 0.4) is 0 Å². The highest BCUT2D eigenvalue weighted by molar-refractivity contribution is 6.32. The van der Waals surface area contributed by atoms with E-state index in [2.05, 4.69) is 5.32 Å². The molecule has 0 spiro atoms. The lowest BCUT2D eigenvalue weighted by molar-refractivity contribution is -0.150. The van der Waals surface area contributed by atoms with Gasteiger partial charge in [0.2, 0.25) is 6.79 Å². The summed E-state index contributed by atoms with van der Waals surface area (Å²) < 4.78 is 15.5. The van der Waals surface area contributed by atoms with Crippen molar-refractivity contribution in [3.8, 4) is 11.5 Å². The molecule has 1 heterocycles. The quantitative estimate of drug-likeness (QED) is 0.628. The van der Waals surface area contributed by atoms with E-state index in [0.29, 0.717) is 34.5 Å². The first-order valence-corrected chi connectivity index (χ1v) is 8.00. The van der Waals surface area contributed by atoms with Crippen LogP contribution in [0.5, 0.6) is 11.5 Å². The molecule has 0 saturated carbocycles. The van der Waals surface area contributed by atoms with Gasteiger partial charge in [-0.2, -0.15) is 0 Å². The van der Waals surface area contributed by atoms with Crippen molar-refractivity contribution in [3.63, 3.8) is 0 Å². The Hall–Kier alpha value is -2.21. The molecule has 1 aliphatic rings. The van der Waals surface area contributed by atoms with E-state index in [9.17, 15) is 9.59 Å². The monoisotopic (exact) mass is 353 g/mol. The second kappa shape index (κ2) is 8.06. The molecule has 24 heavy (non-hydrogen) atoms. The summed E-state index contributed by atoms with van der Waals surface area (Å²) in [5.74, 6) is 0.406. The van der Waals surface area contributed by atoms with Crippen molar-refractivity contribution in [3.05, 3.63) is 28.8 Å². The van der Waals surface area contributed by atoms with Crippen molar-refractivity contribution in [2.75, 3.05) is 13.3 Å². The lowest BCUT2D eigenvalue weighted by Gasteiger charge is -2.13. The molecule has 6 nitrogen and oxygen atoms in total. The van der Waals surface area contributed by atoms with E-state index in [-0.39, 0.29) is 12.7 Å². The van der Waals surface area contributed by atoms with Gasteiger partial charge in [-0.1, -0.05) is 25.4 Å². The summed E-state index contributed by atoms with van der Waals surface area (Å²) in [6, 6.07) is 3.36. The van der Waals surface area contributed by atoms with Crippen LogP contribution in [0.2, 0.25) is 5.02 Å². The maximum Gasteiger partial charge on any atom is 0.331 e. The van der Waals surface area contributed by atoms with Gasteiger partial charge in [-0.3, -0.25) is 4.79 Å². The molecule has 0 unspecified atom stereocenters. The van der Waals surface area contributed by atoms with E-state index >= 15 is 0 Å². The van der Waals surface area contributed by atoms with Crippen molar-refractivity contribution in [1.82, 2.24) is 5.32 Å². The molecular weight excluding hydrogens is 334 g/mol. The van der Waals surface area contributed by atoms with Crippen LogP contribution in [0.15, 0.2) is 18.2 Å². The number of nitrogens with one attached hydrogen (secondary N) is 1. The van der Waals surface area contributed by atoms with Gasteiger partial charge in [-0.25, -0.2) is 4.79 Å². The number of esters is 1. The molecule has 7 heteroatoms. The highest BCUT2D eigenvalue weighted by atomic mass is 35.5. The van der Waals surface area contributed by atoms with Crippen LogP contribution >= 0.6 is 11.6 Å². The van der Waals surface area contributed by atoms with Crippen molar-refractivity contribution >= 4 is 29.6 Å². The molecule has 1 aliphatic heterocycles. The summed E-state index contributed by atoms with van der Waals surface area (Å²) in [6.45, 7) is 6.14. The fraction of sp³-hybridized carbons (Fsp3) is 0.412. The van der Waals surface area contributed by atoms with Crippen molar-refractivity contribution in [1.29, 1.82) is 0 Å². The van der Waals surface area contributed by atoms with Crippen molar-refractivity contribution in [2.45, 2.75) is 26.9 Å². The Kier molecular flexibility index (Phi) is 6.09. The largest absolute Gasteiger partial charge is 0.454 e. The van der Waals surface area contributed by atoms with Crippen LogP contribution in [-0.2, 0) is 14.3 Å². The Morgan fingerprint density at radius 1 is 1.33 bits per heavy atom. The van der Waals surface area contributed by atoms with E-state index in [1.165, 1.54) is 19.1 Å². The number of amides is 1. The molecular formula is C17H20ClNO5. The molecule has 1 N–H and O–H groups in total. The average molecular weight is 354 g/mol. The van der Waals surface area contributed by atoms with Crippen molar-refractivity contribution < 1.29 is 23.8 Å². The summed E-state index contributed by atoms with van der Waals surface area (Å²) in [5.41, 5.74) is 0.665. The maximum absolute atomic E-state index is 11.8. The van der Waals surface area contributed by atoms with Gasteiger partial charge in [0.25, 0.3) is 5.91 Å². The molecule has 0 aliphatic carbocycles. The van der Waals surface area contributed by atoms with Crippen LogP contribution < -0.4 is 14.8 Å². The second-order valence-corrected chi connectivity index (χ2v) is 6.20. The summed E-state index contributed by atoms with van der Waals surface area (Å²) in [7, 11) is 0. The van der Waals surface area contributed by atoms with E-state index in [0.717, 1.165) is 0 Å². The predicted molar refractivity (Wildman–Crippen MR) is 90.0 cm³/mol. The van der Waals surface area contributed by atoms with E-state index < -0.39 is 12.1 Å². The first-order chi connectivity index (χ1) is 11.4. The van der Waals surface area contributed by atoms with Gasteiger partial charge in [0, 0.05) is 12.6 Å². The fourth-order valence-corrected chi connectivity index (χ4v) is 2.24. The highest BCUT2D eigenvalue weighted by Crippen LogP contribution is 2.40. The Morgan fingerprint density at radius 3 is 2.79 bits per heavy atom. The van der Waals surface area contributed by atoms with Gasteiger partial charge in [0.05, 0.1) is 5.02 Å². The SMILES string of the molecule is CC(C)CNC(=O)[C@H](C)OC(=O)/C=C/c1cc(Cl)c2c(c1)OCO2. The first kappa shape index (κ1) is 18.1. The Balaban J connectivity index is 1.91. The summed E-state index contributed by atoms with van der Waals surface area (Å²) in [5, 5.41) is 3.11. The zero-order valence-corrected chi connectivity index (χ0v) is 14.6. The Morgan fingerprint density at radius 2 is 2.08 bits per heavy atom. The number of carbonyl (C=O) groups is 2. The number of benzene rings is 1. The number of ether oxygens (including phenoxy) is 3. The van der Waals surface area contributed by atoms with Gasteiger partial charge >= 0.3 is 5.97 Å². The van der Waals surface area contributed by atoms with Gasteiger partial charge in [0.1, 0.15) is 0 Å². The third-order valence-corrected chi connectivity index (χ3v) is 3.49. The molecule has 1 atom stereocenters. The standard InChI is InChI=1S/C17H20ClNO5/c1-10(2)8-19-17(21)11(3)24-15(20)5-4-12-6-13(18)16-14(7-12)22-9-23-16/h4-7,10-11H,8-9H2,1-3H3,(H,19,21)/b5-4+/t11-/m0/s1. The summed E-state index contributed by atoms with van der Waals surface area (Å²) in [6.07, 6.45) is 1.91. The molecule has 1 aromatic rings. The molecule has 0 fully saturated rings. The minimum atomic E-state index is -0.860. The predicted octanol–water partition coefficient (Wildman–Crippen LogP) is 2.79. The lowest BCUT2D eigenvalue weighted by atomic mass is 10.2. The minimum absolute atomic E-state index is 0.118. The molecule has 0 saturated heterocycles. The van der Waals surface area contributed by atoms with Gasteiger partial charge in [-0.05, 0) is 36.6 Å². The number of hydrogen-bond donors (Lipinski definition) is 1. The van der Waals surface area contributed by atoms with E-state index in [1.54, 1.807) is 12.1 Å². The lowest BCUT2D eigenvalue weighted by Crippen LogP contribution is -2.37. The maximum atomic E-state index is 11.8. The van der Waals surface area contributed by atoms with Gasteiger partial charge in [-0.15, -0.1) is 0 Å².